The molecule has 1 aliphatic heterocycles. The fourth-order valence-corrected chi connectivity index (χ4v) is 2.95. The molecule has 138 valence electrons. The van der Waals surface area contributed by atoms with Gasteiger partial charge in [0.05, 0.1) is 17.9 Å². The summed E-state index contributed by atoms with van der Waals surface area (Å²) in [5, 5.41) is 3.12. The van der Waals surface area contributed by atoms with E-state index in [-0.39, 0.29) is 11.7 Å². The van der Waals surface area contributed by atoms with Crippen molar-refractivity contribution in [2.75, 3.05) is 56.7 Å². The zero-order chi connectivity index (χ0) is 18.4. The molecule has 1 amide bonds. The SMILES string of the molecule is COCCNc1ccc(C(=O)N2CCN(c3ccccc3F)CC2)cn1. The van der Waals surface area contributed by atoms with E-state index in [9.17, 15) is 9.18 Å². The molecule has 0 atom stereocenters. The van der Waals surface area contributed by atoms with E-state index in [1.54, 1.807) is 42.5 Å². The van der Waals surface area contributed by atoms with E-state index < -0.39 is 0 Å². The van der Waals surface area contributed by atoms with Gasteiger partial charge in [0.2, 0.25) is 0 Å². The first-order chi connectivity index (χ1) is 12.7. The molecule has 0 bridgehead atoms. The van der Waals surface area contributed by atoms with Crippen LogP contribution in [0.25, 0.3) is 0 Å². The Kier molecular flexibility index (Phi) is 6.01. The van der Waals surface area contributed by atoms with E-state index >= 15 is 0 Å². The Labute approximate surface area is 152 Å². The summed E-state index contributed by atoms with van der Waals surface area (Å²) in [5.41, 5.74) is 1.15. The lowest BCUT2D eigenvalue weighted by Crippen LogP contribution is -2.49. The van der Waals surface area contributed by atoms with Crippen molar-refractivity contribution in [1.82, 2.24) is 9.88 Å². The van der Waals surface area contributed by atoms with Gasteiger partial charge in [-0.25, -0.2) is 9.37 Å². The molecule has 0 saturated carbocycles. The topological polar surface area (TPSA) is 57.7 Å². The number of rotatable bonds is 6. The summed E-state index contributed by atoms with van der Waals surface area (Å²) in [4.78, 5) is 20.7. The fourth-order valence-electron chi connectivity index (χ4n) is 2.95. The Balaban J connectivity index is 1.56. The molecule has 0 unspecified atom stereocenters. The van der Waals surface area contributed by atoms with Gasteiger partial charge < -0.3 is 19.9 Å². The van der Waals surface area contributed by atoms with Crippen LogP contribution < -0.4 is 10.2 Å². The van der Waals surface area contributed by atoms with Crippen LogP contribution in [-0.2, 0) is 4.74 Å². The molecule has 1 aromatic carbocycles. The molecule has 7 heteroatoms. The van der Waals surface area contributed by atoms with Crippen LogP contribution in [0.1, 0.15) is 10.4 Å². The van der Waals surface area contributed by atoms with Gasteiger partial charge in [0.15, 0.2) is 0 Å². The zero-order valence-electron chi connectivity index (χ0n) is 14.8. The number of hydrogen-bond acceptors (Lipinski definition) is 5. The summed E-state index contributed by atoms with van der Waals surface area (Å²) in [7, 11) is 1.64. The first kappa shape index (κ1) is 18.1. The lowest BCUT2D eigenvalue weighted by atomic mass is 10.2. The maximum absolute atomic E-state index is 13.9. The summed E-state index contributed by atoms with van der Waals surface area (Å²) in [6.45, 7) is 3.58. The normalized spacial score (nSPS) is 14.4. The van der Waals surface area contributed by atoms with Crippen molar-refractivity contribution in [3.05, 3.63) is 54.0 Å². The van der Waals surface area contributed by atoms with Gasteiger partial charge in [0.25, 0.3) is 5.91 Å². The first-order valence-electron chi connectivity index (χ1n) is 8.66. The standard InChI is InChI=1S/C19H23FN4O2/c1-26-13-8-21-18-7-6-15(14-22-18)19(25)24-11-9-23(10-12-24)17-5-3-2-4-16(17)20/h2-7,14H,8-13H2,1H3,(H,21,22). The minimum absolute atomic E-state index is 0.0471. The van der Waals surface area contributed by atoms with Crippen molar-refractivity contribution in [3.8, 4) is 0 Å². The second kappa shape index (κ2) is 8.62. The number of ether oxygens (including phenoxy) is 1. The van der Waals surface area contributed by atoms with Crippen molar-refractivity contribution >= 4 is 17.4 Å². The van der Waals surface area contributed by atoms with Gasteiger partial charge in [-0.3, -0.25) is 4.79 Å². The highest BCUT2D eigenvalue weighted by Gasteiger charge is 2.23. The Hall–Kier alpha value is -2.67. The van der Waals surface area contributed by atoms with E-state index in [0.29, 0.717) is 56.4 Å². The molecule has 1 fully saturated rings. The lowest BCUT2D eigenvalue weighted by molar-refractivity contribution is 0.0746. The monoisotopic (exact) mass is 358 g/mol. The number of para-hydroxylation sites is 1. The van der Waals surface area contributed by atoms with E-state index in [2.05, 4.69) is 10.3 Å². The average Bonchev–Trinajstić information content (AvgIpc) is 2.69. The third-order valence-electron chi connectivity index (χ3n) is 4.38. The maximum atomic E-state index is 13.9. The lowest BCUT2D eigenvalue weighted by Gasteiger charge is -2.36. The Morgan fingerprint density at radius 1 is 1.19 bits per heavy atom. The summed E-state index contributed by atoms with van der Waals surface area (Å²) >= 11 is 0. The van der Waals surface area contributed by atoms with E-state index in [1.807, 2.05) is 11.0 Å². The number of nitrogens with zero attached hydrogens (tertiary/aromatic N) is 3. The number of benzene rings is 1. The molecule has 1 aromatic heterocycles. The first-order valence-corrected chi connectivity index (χ1v) is 8.66. The summed E-state index contributed by atoms with van der Waals surface area (Å²) in [5.74, 6) is 0.435. The average molecular weight is 358 g/mol. The zero-order valence-corrected chi connectivity index (χ0v) is 14.8. The number of hydrogen-bond donors (Lipinski definition) is 1. The number of pyridine rings is 1. The molecule has 1 N–H and O–H groups in total. The number of amides is 1. The van der Waals surface area contributed by atoms with Crippen LogP contribution in [0.4, 0.5) is 15.9 Å². The largest absolute Gasteiger partial charge is 0.383 e. The number of piperazine rings is 1. The molecule has 2 heterocycles. The van der Waals surface area contributed by atoms with Crippen molar-refractivity contribution in [2.45, 2.75) is 0 Å². The van der Waals surface area contributed by atoms with Gasteiger partial charge >= 0.3 is 0 Å². The van der Waals surface area contributed by atoms with Crippen molar-refractivity contribution < 1.29 is 13.9 Å². The molecule has 1 saturated heterocycles. The molecule has 1 aliphatic rings. The number of methoxy groups -OCH3 is 1. The van der Waals surface area contributed by atoms with Crippen LogP contribution in [0.3, 0.4) is 0 Å². The maximum Gasteiger partial charge on any atom is 0.255 e. The number of aromatic nitrogens is 1. The number of nitrogens with one attached hydrogen (secondary N) is 1. The van der Waals surface area contributed by atoms with E-state index in [4.69, 9.17) is 4.74 Å². The highest BCUT2D eigenvalue weighted by molar-refractivity contribution is 5.94. The minimum Gasteiger partial charge on any atom is -0.383 e. The molecule has 6 nitrogen and oxygen atoms in total. The van der Waals surface area contributed by atoms with Gasteiger partial charge in [0.1, 0.15) is 11.6 Å². The Bertz CT molecular complexity index is 731. The van der Waals surface area contributed by atoms with Crippen LogP contribution in [0.15, 0.2) is 42.6 Å². The second-order valence-corrected chi connectivity index (χ2v) is 6.08. The molecular weight excluding hydrogens is 335 g/mol. The quantitative estimate of drug-likeness (QED) is 0.803. The number of carbonyl (C=O) groups is 1. The summed E-state index contributed by atoms with van der Waals surface area (Å²) < 4.78 is 18.9. The summed E-state index contributed by atoms with van der Waals surface area (Å²) in [6, 6.07) is 10.3. The third kappa shape index (κ3) is 4.29. The van der Waals surface area contributed by atoms with Gasteiger partial charge in [-0.15, -0.1) is 0 Å². The molecular formula is C19H23FN4O2. The predicted molar refractivity (Wildman–Crippen MR) is 99.1 cm³/mol. The van der Waals surface area contributed by atoms with Crippen LogP contribution in [-0.4, -0.2) is 62.2 Å². The van der Waals surface area contributed by atoms with Gasteiger partial charge in [0, 0.05) is 46.0 Å². The minimum atomic E-state index is -0.229. The molecule has 26 heavy (non-hydrogen) atoms. The van der Waals surface area contributed by atoms with E-state index in [0.717, 1.165) is 0 Å². The smallest absolute Gasteiger partial charge is 0.255 e. The Morgan fingerprint density at radius 3 is 2.62 bits per heavy atom. The number of carbonyl (C=O) groups excluding carboxylic acids is 1. The fraction of sp³-hybridized carbons (Fsp3) is 0.368. The number of anilines is 2. The van der Waals surface area contributed by atoms with Gasteiger partial charge in [-0.05, 0) is 24.3 Å². The van der Waals surface area contributed by atoms with Crippen LogP contribution in [0.5, 0.6) is 0 Å². The summed E-state index contributed by atoms with van der Waals surface area (Å²) in [6.07, 6.45) is 1.58. The van der Waals surface area contributed by atoms with Crippen molar-refractivity contribution in [3.63, 3.8) is 0 Å². The highest BCUT2D eigenvalue weighted by Crippen LogP contribution is 2.20. The van der Waals surface area contributed by atoms with Crippen molar-refractivity contribution in [1.29, 1.82) is 0 Å². The molecule has 2 aromatic rings. The van der Waals surface area contributed by atoms with Crippen LogP contribution in [0, 0.1) is 5.82 Å². The van der Waals surface area contributed by atoms with Crippen LogP contribution >= 0.6 is 0 Å². The molecule has 3 rings (SSSR count). The second-order valence-electron chi connectivity index (χ2n) is 6.08. The number of halogens is 1. The van der Waals surface area contributed by atoms with Crippen molar-refractivity contribution in [2.24, 2.45) is 0 Å². The molecule has 0 radical (unpaired) electrons. The van der Waals surface area contributed by atoms with Gasteiger partial charge in [-0.1, -0.05) is 12.1 Å². The predicted octanol–water partition coefficient (Wildman–Crippen LogP) is 2.24. The van der Waals surface area contributed by atoms with Crippen LogP contribution in [0.2, 0.25) is 0 Å². The van der Waals surface area contributed by atoms with E-state index in [1.165, 1.54) is 6.07 Å². The third-order valence-corrected chi connectivity index (χ3v) is 4.38. The Morgan fingerprint density at radius 2 is 1.96 bits per heavy atom. The molecule has 0 aliphatic carbocycles. The highest BCUT2D eigenvalue weighted by atomic mass is 19.1. The van der Waals surface area contributed by atoms with Gasteiger partial charge in [-0.2, -0.15) is 0 Å². The molecule has 0 spiro atoms.